The predicted octanol–water partition coefficient (Wildman–Crippen LogP) is 7.37. The number of hydrogen-bond acceptors (Lipinski definition) is 4. The Morgan fingerprint density at radius 1 is 0.921 bits per heavy atom. The van der Waals surface area contributed by atoms with Crippen molar-refractivity contribution in [2.75, 3.05) is 20.7 Å². The standard InChI is InChI=1S/C28H39NO3.2C2H6.CH4O/c1-5-15-28(32,16-6-2)17-14-23-10-9-11-24(19-23)18-22(3)20-29(4)27(31)26-13-8-7-12-25(26)21-30;3*1-2/h7-13,19,21-22,32H,5-6,14-18,20H2,1-4H3;2*1-2H3;2H,1H3. The minimum atomic E-state index is -0.562. The van der Waals surface area contributed by atoms with Gasteiger partial charge in [-0.15, -0.1) is 0 Å². The van der Waals surface area contributed by atoms with Gasteiger partial charge < -0.3 is 15.1 Å². The first kappa shape index (κ1) is 37.7. The summed E-state index contributed by atoms with van der Waals surface area (Å²) in [6.45, 7) is 15.0. The van der Waals surface area contributed by atoms with Gasteiger partial charge in [-0.3, -0.25) is 9.59 Å². The van der Waals surface area contributed by atoms with Crippen LogP contribution in [0, 0.1) is 5.92 Å². The third-order valence-electron chi connectivity index (χ3n) is 6.14. The van der Waals surface area contributed by atoms with Crippen molar-refractivity contribution in [2.45, 2.75) is 99.0 Å². The van der Waals surface area contributed by atoms with Crippen molar-refractivity contribution >= 4 is 12.2 Å². The van der Waals surface area contributed by atoms with Gasteiger partial charge in [-0.1, -0.05) is 104 Å². The largest absolute Gasteiger partial charge is 0.400 e. The average Bonchev–Trinajstić information content (AvgIpc) is 2.95. The molecule has 0 radical (unpaired) electrons. The van der Waals surface area contributed by atoms with E-state index in [1.165, 1.54) is 11.1 Å². The van der Waals surface area contributed by atoms with Gasteiger partial charge in [-0.05, 0) is 55.2 Å². The van der Waals surface area contributed by atoms with Crippen molar-refractivity contribution in [3.8, 4) is 0 Å². The normalized spacial score (nSPS) is 10.9. The lowest BCUT2D eigenvalue weighted by Gasteiger charge is -2.27. The topological polar surface area (TPSA) is 77.8 Å². The van der Waals surface area contributed by atoms with E-state index in [1.54, 1.807) is 36.2 Å². The van der Waals surface area contributed by atoms with Gasteiger partial charge in [-0.25, -0.2) is 0 Å². The van der Waals surface area contributed by atoms with Crippen LogP contribution < -0.4 is 0 Å². The third kappa shape index (κ3) is 13.9. The Balaban J connectivity index is 0. The lowest BCUT2D eigenvalue weighted by atomic mass is 9.86. The Labute approximate surface area is 233 Å². The second-order valence-corrected chi connectivity index (χ2v) is 9.24. The summed E-state index contributed by atoms with van der Waals surface area (Å²) in [4.78, 5) is 25.7. The molecule has 0 aliphatic rings. The molecule has 1 amide bonds. The Morgan fingerprint density at radius 3 is 2.03 bits per heavy atom. The van der Waals surface area contributed by atoms with Crippen molar-refractivity contribution in [3.63, 3.8) is 0 Å². The maximum Gasteiger partial charge on any atom is 0.254 e. The number of aliphatic hydroxyl groups excluding tert-OH is 1. The number of aliphatic hydroxyl groups is 2. The highest BCUT2D eigenvalue weighted by Gasteiger charge is 2.24. The zero-order valence-corrected chi connectivity index (χ0v) is 25.6. The molecular formula is C33H55NO4. The molecule has 2 rings (SSSR count). The lowest BCUT2D eigenvalue weighted by molar-refractivity contribution is 0.0132. The maximum absolute atomic E-state index is 12.8. The van der Waals surface area contributed by atoms with E-state index in [9.17, 15) is 14.7 Å². The first-order valence-corrected chi connectivity index (χ1v) is 14.4. The fourth-order valence-corrected chi connectivity index (χ4v) is 4.61. The predicted molar refractivity (Wildman–Crippen MR) is 162 cm³/mol. The number of carbonyl (C=O) groups excluding carboxylic acids is 2. The van der Waals surface area contributed by atoms with Crippen LogP contribution >= 0.6 is 0 Å². The van der Waals surface area contributed by atoms with Crippen LogP contribution in [-0.2, 0) is 12.8 Å². The molecule has 0 saturated heterocycles. The van der Waals surface area contributed by atoms with E-state index < -0.39 is 5.60 Å². The SMILES string of the molecule is CC.CC.CCCC(O)(CCC)CCc1cccc(CC(C)CN(C)C(=O)c2ccccc2C=O)c1.CO. The molecule has 216 valence electrons. The maximum atomic E-state index is 12.8. The molecule has 0 fully saturated rings. The number of hydrogen-bond donors (Lipinski definition) is 2. The van der Waals surface area contributed by atoms with Gasteiger partial charge in [0.25, 0.3) is 5.91 Å². The number of aldehydes is 1. The van der Waals surface area contributed by atoms with Crippen LogP contribution in [0.1, 0.15) is 112 Å². The van der Waals surface area contributed by atoms with Crippen molar-refractivity contribution in [2.24, 2.45) is 5.92 Å². The molecule has 0 heterocycles. The molecule has 2 aromatic rings. The Hall–Kier alpha value is -2.50. The summed E-state index contributed by atoms with van der Waals surface area (Å²) in [6, 6.07) is 15.5. The highest BCUT2D eigenvalue weighted by atomic mass is 16.3. The minimum absolute atomic E-state index is 0.126. The van der Waals surface area contributed by atoms with Gasteiger partial charge in [0.15, 0.2) is 6.29 Å². The molecule has 1 atom stereocenters. The Morgan fingerprint density at radius 2 is 1.47 bits per heavy atom. The minimum Gasteiger partial charge on any atom is -0.400 e. The monoisotopic (exact) mass is 529 g/mol. The van der Waals surface area contributed by atoms with Crippen molar-refractivity contribution in [1.29, 1.82) is 0 Å². The quantitative estimate of drug-likeness (QED) is 0.265. The number of benzene rings is 2. The van der Waals surface area contributed by atoms with Crippen molar-refractivity contribution in [3.05, 3.63) is 70.8 Å². The summed E-state index contributed by atoms with van der Waals surface area (Å²) in [5, 5.41) is 17.9. The van der Waals surface area contributed by atoms with Crippen LogP contribution in [0.4, 0.5) is 0 Å². The fraction of sp³-hybridized carbons (Fsp3) is 0.576. The zero-order chi connectivity index (χ0) is 29.6. The van der Waals surface area contributed by atoms with Crippen LogP contribution in [0.3, 0.4) is 0 Å². The van der Waals surface area contributed by atoms with Gasteiger partial charge in [0.1, 0.15) is 0 Å². The van der Waals surface area contributed by atoms with E-state index in [-0.39, 0.29) is 11.8 Å². The van der Waals surface area contributed by atoms with Gasteiger partial charge in [-0.2, -0.15) is 0 Å². The van der Waals surface area contributed by atoms with Crippen molar-refractivity contribution in [1.82, 2.24) is 4.90 Å². The molecule has 0 aliphatic heterocycles. The number of aryl methyl sites for hydroxylation is 1. The lowest BCUT2D eigenvalue weighted by Crippen LogP contribution is -2.32. The first-order chi connectivity index (χ1) is 18.3. The Kier molecular flexibility index (Phi) is 22.3. The van der Waals surface area contributed by atoms with Crippen LogP contribution in [0.25, 0.3) is 0 Å². The van der Waals surface area contributed by atoms with E-state index in [0.29, 0.717) is 17.7 Å². The van der Waals surface area contributed by atoms with Gasteiger partial charge >= 0.3 is 0 Å². The zero-order valence-electron chi connectivity index (χ0n) is 25.6. The van der Waals surface area contributed by atoms with Crippen LogP contribution in [0.2, 0.25) is 0 Å². The summed E-state index contributed by atoms with van der Waals surface area (Å²) in [5.74, 6) is 0.152. The molecule has 0 spiro atoms. The molecule has 2 aromatic carbocycles. The fourth-order valence-electron chi connectivity index (χ4n) is 4.61. The highest BCUT2D eigenvalue weighted by Crippen LogP contribution is 2.26. The summed E-state index contributed by atoms with van der Waals surface area (Å²) >= 11 is 0. The van der Waals surface area contributed by atoms with E-state index in [1.807, 2.05) is 27.7 Å². The number of amides is 1. The van der Waals surface area contributed by atoms with Crippen LogP contribution in [0.15, 0.2) is 48.5 Å². The average molecular weight is 530 g/mol. The molecule has 0 bridgehead atoms. The van der Waals surface area contributed by atoms with Gasteiger partial charge in [0.05, 0.1) is 11.2 Å². The van der Waals surface area contributed by atoms with Crippen molar-refractivity contribution < 1.29 is 19.8 Å². The molecule has 5 heteroatoms. The number of rotatable bonds is 13. The van der Waals surface area contributed by atoms with E-state index in [2.05, 4.69) is 45.0 Å². The summed E-state index contributed by atoms with van der Waals surface area (Å²) in [6.07, 6.45) is 6.97. The number of carbonyl (C=O) groups is 2. The summed E-state index contributed by atoms with van der Waals surface area (Å²) in [5.41, 5.74) is 2.82. The van der Waals surface area contributed by atoms with Crippen LogP contribution in [-0.4, -0.2) is 53.6 Å². The van der Waals surface area contributed by atoms with E-state index in [0.717, 1.165) is 58.3 Å². The molecular weight excluding hydrogens is 474 g/mol. The van der Waals surface area contributed by atoms with Gasteiger partial charge in [0.2, 0.25) is 0 Å². The molecule has 5 nitrogen and oxygen atoms in total. The second kappa shape index (κ2) is 22.5. The third-order valence-corrected chi connectivity index (χ3v) is 6.14. The van der Waals surface area contributed by atoms with E-state index >= 15 is 0 Å². The summed E-state index contributed by atoms with van der Waals surface area (Å²) < 4.78 is 0. The summed E-state index contributed by atoms with van der Waals surface area (Å²) in [7, 11) is 2.79. The smallest absolute Gasteiger partial charge is 0.254 e. The van der Waals surface area contributed by atoms with Gasteiger partial charge in [0, 0.05) is 26.3 Å². The molecule has 0 saturated carbocycles. The Bertz CT molecular complexity index is 875. The molecule has 1 unspecified atom stereocenters. The molecule has 2 N–H and O–H groups in total. The second-order valence-electron chi connectivity index (χ2n) is 9.24. The molecule has 0 aromatic heterocycles. The van der Waals surface area contributed by atoms with Crippen LogP contribution in [0.5, 0.6) is 0 Å². The molecule has 0 aliphatic carbocycles. The molecule has 38 heavy (non-hydrogen) atoms. The first-order valence-electron chi connectivity index (χ1n) is 14.4. The number of nitrogens with zero attached hydrogens (tertiary/aromatic N) is 1. The highest BCUT2D eigenvalue weighted by molar-refractivity contribution is 6.01. The van der Waals surface area contributed by atoms with E-state index in [4.69, 9.17) is 5.11 Å².